The molecule has 0 aliphatic carbocycles. The lowest BCUT2D eigenvalue weighted by Crippen LogP contribution is -2.60. The highest BCUT2D eigenvalue weighted by Crippen LogP contribution is 2.27. The average molecular weight is 596 g/mol. The minimum atomic E-state index is -1.04. The Morgan fingerprint density at radius 2 is 1.85 bits per heavy atom. The first-order valence-electron chi connectivity index (χ1n) is 14.4. The molecule has 10 nitrogen and oxygen atoms in total. The summed E-state index contributed by atoms with van der Waals surface area (Å²) in [5, 5.41) is 9.18. The van der Waals surface area contributed by atoms with Crippen molar-refractivity contribution >= 4 is 36.0 Å². The van der Waals surface area contributed by atoms with Crippen LogP contribution in [-0.4, -0.2) is 97.5 Å². The van der Waals surface area contributed by atoms with Crippen LogP contribution in [0.15, 0.2) is 18.2 Å². The highest BCUT2D eigenvalue weighted by Gasteiger charge is 2.44. The predicted molar refractivity (Wildman–Crippen MR) is 154 cm³/mol. The summed E-state index contributed by atoms with van der Waals surface area (Å²) in [7, 11) is 1.52. The quantitative estimate of drug-likeness (QED) is 0.489. The van der Waals surface area contributed by atoms with E-state index < -0.39 is 29.4 Å². The van der Waals surface area contributed by atoms with Crippen molar-refractivity contribution in [3.8, 4) is 0 Å². The summed E-state index contributed by atoms with van der Waals surface area (Å²) in [6, 6.07) is 3.24. The van der Waals surface area contributed by atoms with Crippen molar-refractivity contribution in [1.82, 2.24) is 25.8 Å². The van der Waals surface area contributed by atoms with Crippen LogP contribution in [0.2, 0.25) is 0 Å². The Labute approximate surface area is 247 Å². The molecular formula is C29H43ClFN5O5. The van der Waals surface area contributed by atoms with Crippen LogP contribution in [0.3, 0.4) is 0 Å². The second kappa shape index (κ2) is 14.4. The Morgan fingerprint density at radius 1 is 1.12 bits per heavy atom. The molecular weight excluding hydrogens is 553 g/mol. The van der Waals surface area contributed by atoms with Gasteiger partial charge in [-0.3, -0.25) is 19.2 Å². The minimum absolute atomic E-state index is 0. The number of rotatable bonds is 3. The molecule has 1 aromatic rings. The van der Waals surface area contributed by atoms with Crippen molar-refractivity contribution < 1.29 is 28.3 Å². The van der Waals surface area contributed by atoms with Crippen LogP contribution in [0.4, 0.5) is 4.39 Å². The molecule has 2 bridgehead atoms. The lowest BCUT2D eigenvalue weighted by molar-refractivity contribution is -0.160. The summed E-state index contributed by atoms with van der Waals surface area (Å²) in [4.78, 5) is 56.9. The van der Waals surface area contributed by atoms with Crippen molar-refractivity contribution in [2.45, 2.75) is 70.1 Å². The van der Waals surface area contributed by atoms with Gasteiger partial charge < -0.3 is 30.5 Å². The smallest absolute Gasteiger partial charge is 0.257 e. The second-order valence-electron chi connectivity index (χ2n) is 11.4. The summed E-state index contributed by atoms with van der Waals surface area (Å²) in [5.41, 5.74) is -0.318. The van der Waals surface area contributed by atoms with E-state index in [1.165, 1.54) is 23.0 Å². The lowest BCUT2D eigenvalue weighted by Gasteiger charge is -2.40. The second-order valence-corrected chi connectivity index (χ2v) is 11.4. The number of amides is 4. The van der Waals surface area contributed by atoms with Crippen molar-refractivity contribution in [3.63, 3.8) is 0 Å². The number of carbonyl (C=O) groups is 4. The normalized spacial score (nSPS) is 24.2. The number of nitrogens with one attached hydrogen (secondary N) is 3. The molecule has 4 rings (SSSR count). The third kappa shape index (κ3) is 7.55. The standard InChI is InChI=1S/C29H42FN5O5.ClH/c1-19(2)23-17-34(28(39)29(40-3)10-13-31-14-11-29)18-25(36)32-12-4-6-20-8-9-22(30)21(16-20)27(38)35-15-5-7-24(35)26(37)33-23;/h8-9,16,19,23-24,31H,4-7,10-15,17-18H2,1-3H3,(H,32,36)(H,33,37);1H/t23-,24-;/m0./s1. The van der Waals surface area contributed by atoms with Crippen LogP contribution >= 0.6 is 12.4 Å². The van der Waals surface area contributed by atoms with E-state index in [4.69, 9.17) is 4.74 Å². The maximum absolute atomic E-state index is 14.8. The number of hydrogen-bond acceptors (Lipinski definition) is 6. The molecule has 3 N–H and O–H groups in total. The third-order valence-corrected chi connectivity index (χ3v) is 8.40. The van der Waals surface area contributed by atoms with Gasteiger partial charge in [-0.1, -0.05) is 19.9 Å². The Bertz CT molecular complexity index is 1110. The van der Waals surface area contributed by atoms with Gasteiger partial charge in [-0.25, -0.2) is 4.39 Å². The molecule has 0 unspecified atom stereocenters. The highest BCUT2D eigenvalue weighted by atomic mass is 35.5. The Hall–Kier alpha value is -2.76. The van der Waals surface area contributed by atoms with Gasteiger partial charge in [0, 0.05) is 32.8 Å². The topological polar surface area (TPSA) is 120 Å². The van der Waals surface area contributed by atoms with E-state index in [0.29, 0.717) is 64.7 Å². The van der Waals surface area contributed by atoms with E-state index in [1.54, 1.807) is 12.1 Å². The fourth-order valence-electron chi connectivity index (χ4n) is 5.86. The summed E-state index contributed by atoms with van der Waals surface area (Å²) < 4.78 is 20.5. The van der Waals surface area contributed by atoms with Gasteiger partial charge in [-0.05, 0) is 75.2 Å². The van der Waals surface area contributed by atoms with Gasteiger partial charge in [-0.2, -0.15) is 0 Å². The van der Waals surface area contributed by atoms with Crippen LogP contribution in [0.5, 0.6) is 0 Å². The monoisotopic (exact) mass is 595 g/mol. The van der Waals surface area contributed by atoms with Crippen molar-refractivity contribution in [1.29, 1.82) is 0 Å². The van der Waals surface area contributed by atoms with Gasteiger partial charge in [0.05, 0.1) is 12.1 Å². The van der Waals surface area contributed by atoms with Crippen LogP contribution in [-0.2, 0) is 25.5 Å². The Kier molecular flexibility index (Phi) is 11.5. The first-order chi connectivity index (χ1) is 19.1. The first kappa shape index (κ1) is 32.8. The van der Waals surface area contributed by atoms with E-state index in [9.17, 15) is 23.6 Å². The number of fused-ring (bicyclic) bond motifs is 3. The van der Waals surface area contributed by atoms with Crippen LogP contribution in [0, 0.1) is 11.7 Å². The maximum atomic E-state index is 14.8. The molecule has 2 fully saturated rings. The largest absolute Gasteiger partial charge is 0.368 e. The number of carbonyl (C=O) groups excluding carboxylic acids is 4. The Morgan fingerprint density at radius 3 is 2.54 bits per heavy atom. The number of aryl methyl sites for hydroxylation is 1. The molecule has 228 valence electrons. The van der Waals surface area contributed by atoms with E-state index >= 15 is 0 Å². The van der Waals surface area contributed by atoms with Crippen LogP contribution < -0.4 is 16.0 Å². The molecule has 12 heteroatoms. The average Bonchev–Trinajstić information content (AvgIpc) is 3.44. The van der Waals surface area contributed by atoms with Crippen molar-refractivity contribution in [2.75, 3.05) is 46.4 Å². The van der Waals surface area contributed by atoms with E-state index in [-0.39, 0.29) is 54.7 Å². The number of piperidine rings is 1. The zero-order valence-corrected chi connectivity index (χ0v) is 25.0. The van der Waals surface area contributed by atoms with Crippen LogP contribution in [0.25, 0.3) is 0 Å². The number of halogens is 2. The Balaban J connectivity index is 0.00000462. The molecule has 3 aliphatic heterocycles. The number of nitrogens with zero attached hydrogens (tertiary/aromatic N) is 2. The summed E-state index contributed by atoms with van der Waals surface area (Å²) >= 11 is 0. The molecule has 3 heterocycles. The summed E-state index contributed by atoms with van der Waals surface area (Å²) in [6.45, 7) is 5.79. The van der Waals surface area contributed by atoms with E-state index in [2.05, 4.69) is 16.0 Å². The lowest BCUT2D eigenvalue weighted by atomic mass is 9.90. The molecule has 41 heavy (non-hydrogen) atoms. The van der Waals surface area contributed by atoms with Gasteiger partial charge in [0.2, 0.25) is 11.8 Å². The summed E-state index contributed by atoms with van der Waals surface area (Å²) in [5.74, 6) is -2.11. The summed E-state index contributed by atoms with van der Waals surface area (Å²) in [6.07, 6.45) is 3.16. The third-order valence-electron chi connectivity index (χ3n) is 8.40. The number of benzene rings is 1. The zero-order valence-electron chi connectivity index (χ0n) is 24.2. The molecule has 0 saturated carbocycles. The molecule has 3 aliphatic rings. The fraction of sp³-hybridized carbons (Fsp3) is 0.655. The zero-order chi connectivity index (χ0) is 28.9. The van der Waals surface area contributed by atoms with Gasteiger partial charge in [0.15, 0.2) is 0 Å². The van der Waals surface area contributed by atoms with Crippen LogP contribution in [0.1, 0.15) is 61.9 Å². The van der Waals surface area contributed by atoms with Gasteiger partial charge in [0.1, 0.15) is 17.5 Å². The first-order valence-corrected chi connectivity index (χ1v) is 14.4. The maximum Gasteiger partial charge on any atom is 0.257 e. The number of ether oxygens (including phenoxy) is 1. The highest BCUT2D eigenvalue weighted by molar-refractivity contribution is 5.98. The van der Waals surface area contributed by atoms with Gasteiger partial charge >= 0.3 is 0 Å². The van der Waals surface area contributed by atoms with E-state index in [1.807, 2.05) is 13.8 Å². The molecule has 0 spiro atoms. The molecule has 2 saturated heterocycles. The minimum Gasteiger partial charge on any atom is -0.368 e. The molecule has 1 aromatic carbocycles. The van der Waals surface area contributed by atoms with Crippen molar-refractivity contribution in [3.05, 3.63) is 35.1 Å². The number of hydrogen-bond donors (Lipinski definition) is 3. The number of methoxy groups -OCH3 is 1. The van der Waals surface area contributed by atoms with Crippen molar-refractivity contribution in [2.24, 2.45) is 5.92 Å². The SMILES string of the molecule is COC1(C(=O)N2CC(=O)NCCCc3ccc(F)c(c3)C(=O)N3CCC[C@H]3C(=O)N[C@H](C(C)C)C2)CCNCC1.Cl. The molecule has 0 radical (unpaired) electrons. The molecule has 0 aromatic heterocycles. The van der Waals surface area contributed by atoms with E-state index in [0.717, 1.165) is 5.56 Å². The van der Waals surface area contributed by atoms with Gasteiger partial charge in [0.25, 0.3) is 11.8 Å². The fourth-order valence-corrected chi connectivity index (χ4v) is 5.86. The molecule has 4 amide bonds. The predicted octanol–water partition coefficient (Wildman–Crippen LogP) is 1.65. The molecule has 2 atom stereocenters. The van der Waals surface area contributed by atoms with Gasteiger partial charge in [-0.15, -0.1) is 12.4 Å².